The standard InChI is InChI=1S/C13H15N3O/c1-2-4-12-10(3-1)7-17-8-13(12)15-6-11-5-14-9-16-11/h1-5,9,13,15H,6-8H2,(H,14,16). The van der Waals surface area contributed by atoms with Crippen LogP contribution in [0.3, 0.4) is 0 Å². The molecule has 2 heterocycles. The van der Waals surface area contributed by atoms with Gasteiger partial charge in [0.15, 0.2) is 0 Å². The molecule has 1 aromatic carbocycles. The number of hydrogen-bond donors (Lipinski definition) is 2. The van der Waals surface area contributed by atoms with Crippen LogP contribution in [-0.4, -0.2) is 16.6 Å². The van der Waals surface area contributed by atoms with Crippen molar-refractivity contribution in [2.75, 3.05) is 6.61 Å². The van der Waals surface area contributed by atoms with E-state index < -0.39 is 0 Å². The van der Waals surface area contributed by atoms with Gasteiger partial charge in [-0.1, -0.05) is 24.3 Å². The predicted molar refractivity (Wildman–Crippen MR) is 64.3 cm³/mol. The van der Waals surface area contributed by atoms with Gasteiger partial charge in [-0.15, -0.1) is 0 Å². The van der Waals surface area contributed by atoms with Crippen LogP contribution in [0, 0.1) is 0 Å². The summed E-state index contributed by atoms with van der Waals surface area (Å²) in [7, 11) is 0. The molecule has 0 bridgehead atoms. The third-order valence-electron chi connectivity index (χ3n) is 3.07. The summed E-state index contributed by atoms with van der Waals surface area (Å²) in [5.74, 6) is 0. The monoisotopic (exact) mass is 229 g/mol. The normalized spacial score (nSPS) is 18.9. The van der Waals surface area contributed by atoms with E-state index in [4.69, 9.17) is 4.74 Å². The SMILES string of the molecule is c1ccc2c(c1)COCC2NCc1cnc[nH]1. The number of H-pyrrole nitrogens is 1. The minimum absolute atomic E-state index is 0.267. The summed E-state index contributed by atoms with van der Waals surface area (Å²) < 4.78 is 5.59. The largest absolute Gasteiger partial charge is 0.375 e. The minimum Gasteiger partial charge on any atom is -0.375 e. The first-order valence-corrected chi connectivity index (χ1v) is 5.79. The topological polar surface area (TPSA) is 49.9 Å². The van der Waals surface area contributed by atoms with E-state index in [0.717, 1.165) is 25.5 Å². The summed E-state index contributed by atoms with van der Waals surface area (Å²) in [6.45, 7) is 2.23. The maximum absolute atomic E-state index is 5.59. The number of nitrogens with one attached hydrogen (secondary N) is 2. The molecule has 4 heteroatoms. The highest BCUT2D eigenvalue weighted by Crippen LogP contribution is 2.24. The first kappa shape index (κ1) is 10.5. The summed E-state index contributed by atoms with van der Waals surface area (Å²) in [5.41, 5.74) is 3.71. The molecule has 0 spiro atoms. The van der Waals surface area contributed by atoms with Crippen molar-refractivity contribution in [3.8, 4) is 0 Å². The second-order valence-electron chi connectivity index (χ2n) is 4.22. The Morgan fingerprint density at radius 1 is 1.41 bits per heavy atom. The minimum atomic E-state index is 0.267. The molecule has 0 radical (unpaired) electrons. The molecule has 0 fully saturated rings. The van der Waals surface area contributed by atoms with Gasteiger partial charge in [-0.3, -0.25) is 0 Å². The van der Waals surface area contributed by atoms with E-state index in [1.54, 1.807) is 6.33 Å². The van der Waals surface area contributed by atoms with Crippen molar-refractivity contribution in [1.29, 1.82) is 0 Å². The Morgan fingerprint density at radius 2 is 2.35 bits per heavy atom. The highest BCUT2D eigenvalue weighted by molar-refractivity contribution is 5.31. The molecule has 1 aliphatic rings. The fourth-order valence-corrected chi connectivity index (χ4v) is 2.17. The Hall–Kier alpha value is -1.65. The fourth-order valence-electron chi connectivity index (χ4n) is 2.17. The van der Waals surface area contributed by atoms with Crippen molar-refractivity contribution in [1.82, 2.24) is 15.3 Å². The molecule has 1 aromatic heterocycles. The van der Waals surface area contributed by atoms with Gasteiger partial charge in [0.1, 0.15) is 0 Å². The van der Waals surface area contributed by atoms with Crippen molar-refractivity contribution in [2.45, 2.75) is 19.2 Å². The molecule has 0 saturated heterocycles. The summed E-state index contributed by atoms with van der Waals surface area (Å²) >= 11 is 0. The van der Waals surface area contributed by atoms with Crippen LogP contribution in [0.5, 0.6) is 0 Å². The first-order chi connectivity index (χ1) is 8.43. The van der Waals surface area contributed by atoms with Gasteiger partial charge in [0.05, 0.1) is 25.6 Å². The number of hydrogen-bond acceptors (Lipinski definition) is 3. The number of imidazole rings is 1. The van der Waals surface area contributed by atoms with E-state index in [1.165, 1.54) is 11.1 Å². The maximum Gasteiger partial charge on any atom is 0.0922 e. The molecule has 2 aromatic rings. The lowest BCUT2D eigenvalue weighted by atomic mass is 9.99. The van der Waals surface area contributed by atoms with E-state index in [0.29, 0.717) is 0 Å². The van der Waals surface area contributed by atoms with Gasteiger partial charge >= 0.3 is 0 Å². The average Bonchev–Trinajstić information content (AvgIpc) is 2.89. The summed E-state index contributed by atoms with van der Waals surface area (Å²) in [4.78, 5) is 7.09. The van der Waals surface area contributed by atoms with Crippen molar-refractivity contribution in [3.05, 3.63) is 53.6 Å². The maximum atomic E-state index is 5.59. The third-order valence-corrected chi connectivity index (χ3v) is 3.07. The smallest absolute Gasteiger partial charge is 0.0922 e. The van der Waals surface area contributed by atoms with Gasteiger partial charge in [-0.05, 0) is 11.1 Å². The zero-order valence-electron chi connectivity index (χ0n) is 9.52. The number of nitrogens with zero attached hydrogens (tertiary/aromatic N) is 1. The quantitative estimate of drug-likeness (QED) is 0.843. The van der Waals surface area contributed by atoms with Crippen LogP contribution in [0.2, 0.25) is 0 Å². The second kappa shape index (κ2) is 4.69. The number of ether oxygens (including phenoxy) is 1. The highest BCUT2D eigenvalue weighted by atomic mass is 16.5. The molecule has 0 amide bonds. The molecule has 1 aliphatic heterocycles. The fraction of sp³-hybridized carbons (Fsp3) is 0.308. The molecule has 3 rings (SSSR count). The molecule has 4 nitrogen and oxygen atoms in total. The second-order valence-corrected chi connectivity index (χ2v) is 4.22. The molecule has 17 heavy (non-hydrogen) atoms. The van der Waals surface area contributed by atoms with Gasteiger partial charge in [0.2, 0.25) is 0 Å². The number of fused-ring (bicyclic) bond motifs is 1. The van der Waals surface area contributed by atoms with Crippen LogP contribution in [0.25, 0.3) is 0 Å². The Kier molecular flexibility index (Phi) is 2.90. The molecule has 88 valence electrons. The van der Waals surface area contributed by atoms with Gasteiger partial charge in [-0.2, -0.15) is 0 Å². The summed E-state index contributed by atoms with van der Waals surface area (Å²) in [5, 5.41) is 3.48. The lowest BCUT2D eigenvalue weighted by Crippen LogP contribution is -2.29. The van der Waals surface area contributed by atoms with Crippen LogP contribution in [0.4, 0.5) is 0 Å². The van der Waals surface area contributed by atoms with Crippen molar-refractivity contribution >= 4 is 0 Å². The number of rotatable bonds is 3. The van der Waals surface area contributed by atoms with Gasteiger partial charge in [-0.25, -0.2) is 4.98 Å². The average molecular weight is 229 g/mol. The van der Waals surface area contributed by atoms with E-state index >= 15 is 0 Å². The van der Waals surface area contributed by atoms with Gasteiger partial charge in [0.25, 0.3) is 0 Å². The molecule has 1 unspecified atom stereocenters. The van der Waals surface area contributed by atoms with Crippen LogP contribution < -0.4 is 5.32 Å². The third kappa shape index (κ3) is 2.23. The van der Waals surface area contributed by atoms with Gasteiger partial charge in [0, 0.05) is 18.4 Å². The number of aromatic nitrogens is 2. The van der Waals surface area contributed by atoms with Crippen LogP contribution in [0.15, 0.2) is 36.8 Å². The molecule has 0 aliphatic carbocycles. The van der Waals surface area contributed by atoms with Crippen molar-refractivity contribution in [2.24, 2.45) is 0 Å². The zero-order valence-corrected chi connectivity index (χ0v) is 9.52. The molecule has 1 atom stereocenters. The van der Waals surface area contributed by atoms with Crippen LogP contribution in [-0.2, 0) is 17.9 Å². The van der Waals surface area contributed by atoms with E-state index in [-0.39, 0.29) is 6.04 Å². The number of benzene rings is 1. The lowest BCUT2D eigenvalue weighted by Gasteiger charge is -2.26. The Labute approximate surface area is 100 Å². The molecule has 0 saturated carbocycles. The first-order valence-electron chi connectivity index (χ1n) is 5.79. The zero-order chi connectivity index (χ0) is 11.5. The Balaban J connectivity index is 1.72. The van der Waals surface area contributed by atoms with E-state index in [1.807, 2.05) is 6.20 Å². The van der Waals surface area contributed by atoms with Crippen LogP contribution in [0.1, 0.15) is 22.9 Å². The molecular formula is C13H15N3O. The van der Waals surface area contributed by atoms with E-state index in [9.17, 15) is 0 Å². The Bertz CT molecular complexity index is 481. The highest BCUT2D eigenvalue weighted by Gasteiger charge is 2.19. The van der Waals surface area contributed by atoms with Crippen molar-refractivity contribution < 1.29 is 4.74 Å². The lowest BCUT2D eigenvalue weighted by molar-refractivity contribution is 0.0816. The summed E-state index contributed by atoms with van der Waals surface area (Å²) in [6.07, 6.45) is 3.53. The van der Waals surface area contributed by atoms with Crippen LogP contribution >= 0.6 is 0 Å². The number of aromatic amines is 1. The molecule has 2 N–H and O–H groups in total. The van der Waals surface area contributed by atoms with Crippen molar-refractivity contribution in [3.63, 3.8) is 0 Å². The van der Waals surface area contributed by atoms with E-state index in [2.05, 4.69) is 39.6 Å². The molecular weight excluding hydrogens is 214 g/mol. The van der Waals surface area contributed by atoms with Gasteiger partial charge < -0.3 is 15.0 Å². The predicted octanol–water partition coefficient (Wildman–Crippen LogP) is 1.77. The Morgan fingerprint density at radius 3 is 3.24 bits per heavy atom. The summed E-state index contributed by atoms with van der Waals surface area (Å²) in [6, 6.07) is 8.69.